The van der Waals surface area contributed by atoms with Crippen molar-refractivity contribution in [3.8, 4) is 0 Å². The normalized spacial score (nSPS) is 17.4. The highest BCUT2D eigenvalue weighted by Crippen LogP contribution is 2.32. The first-order valence-electron chi connectivity index (χ1n) is 7.23. The molecule has 5 heteroatoms. The van der Waals surface area contributed by atoms with Crippen LogP contribution < -0.4 is 0 Å². The highest BCUT2D eigenvalue weighted by molar-refractivity contribution is 8.01. The van der Waals surface area contributed by atoms with Crippen molar-refractivity contribution < 1.29 is 14.7 Å². The molecule has 1 fully saturated rings. The van der Waals surface area contributed by atoms with E-state index in [0.29, 0.717) is 15.8 Å². The maximum absolute atomic E-state index is 12.2. The number of ketones is 1. The van der Waals surface area contributed by atoms with Gasteiger partial charge in [0.25, 0.3) is 0 Å². The van der Waals surface area contributed by atoms with Crippen LogP contribution in [0.3, 0.4) is 0 Å². The second kappa shape index (κ2) is 7.85. The Morgan fingerprint density at radius 2 is 1.81 bits per heavy atom. The Morgan fingerprint density at radius 3 is 2.38 bits per heavy atom. The van der Waals surface area contributed by atoms with E-state index < -0.39 is 11.2 Å². The molecular weight excluding hydrogens is 308 g/mol. The third-order valence-corrected chi connectivity index (χ3v) is 5.53. The maximum atomic E-state index is 12.2. The van der Waals surface area contributed by atoms with Crippen LogP contribution in [0.4, 0.5) is 0 Å². The summed E-state index contributed by atoms with van der Waals surface area (Å²) in [5.41, 5.74) is 0.523. The predicted molar refractivity (Wildman–Crippen MR) is 86.3 cm³/mol. The van der Waals surface area contributed by atoms with Crippen molar-refractivity contribution in [3.63, 3.8) is 0 Å². The van der Waals surface area contributed by atoms with Crippen LogP contribution in [0.2, 0.25) is 5.02 Å². The zero-order valence-electron chi connectivity index (χ0n) is 11.8. The average molecular weight is 327 g/mol. The maximum Gasteiger partial charge on any atom is 0.317 e. The third-order valence-electron chi connectivity index (χ3n) is 3.72. The summed E-state index contributed by atoms with van der Waals surface area (Å²) in [5.74, 6) is -1.03. The standard InChI is InChI=1S/C16H19ClO3S/c17-12-8-6-11(7-9-12)14(18)10-15(16(19)20)21-13-4-2-1-3-5-13/h6-9,13,15H,1-5,10H2,(H,19,20)/t15-/m0/s1. The summed E-state index contributed by atoms with van der Waals surface area (Å²) < 4.78 is 0. The molecule has 1 aliphatic rings. The van der Waals surface area contributed by atoms with Crippen LogP contribution in [0.15, 0.2) is 24.3 Å². The number of halogens is 1. The average Bonchev–Trinajstić information content (AvgIpc) is 2.48. The van der Waals surface area contributed by atoms with Gasteiger partial charge in [-0.25, -0.2) is 0 Å². The molecule has 2 rings (SSSR count). The van der Waals surface area contributed by atoms with Gasteiger partial charge in [-0.2, -0.15) is 0 Å². The van der Waals surface area contributed by atoms with E-state index in [1.54, 1.807) is 24.3 Å². The van der Waals surface area contributed by atoms with E-state index in [0.717, 1.165) is 25.7 Å². The number of thioether (sulfide) groups is 1. The summed E-state index contributed by atoms with van der Waals surface area (Å²) in [5, 5.41) is 9.63. The predicted octanol–water partition coefficient (Wildman–Crippen LogP) is 4.43. The smallest absolute Gasteiger partial charge is 0.317 e. The number of hydrogen-bond donors (Lipinski definition) is 1. The topological polar surface area (TPSA) is 54.4 Å². The van der Waals surface area contributed by atoms with Crippen LogP contribution in [0.1, 0.15) is 48.9 Å². The summed E-state index contributed by atoms with van der Waals surface area (Å²) >= 11 is 7.25. The molecule has 1 aromatic rings. The third kappa shape index (κ3) is 5.04. The van der Waals surface area contributed by atoms with Crippen LogP contribution in [-0.4, -0.2) is 27.4 Å². The van der Waals surface area contributed by atoms with Crippen molar-refractivity contribution in [1.82, 2.24) is 0 Å². The molecule has 0 amide bonds. The van der Waals surface area contributed by atoms with Crippen LogP contribution in [0.25, 0.3) is 0 Å². The SMILES string of the molecule is O=C(C[C@H](SC1CCCCC1)C(=O)O)c1ccc(Cl)cc1. The Balaban J connectivity index is 1.96. The van der Waals surface area contributed by atoms with Crippen molar-refractivity contribution in [2.24, 2.45) is 0 Å². The van der Waals surface area contributed by atoms with Crippen molar-refractivity contribution >= 4 is 35.1 Å². The second-order valence-corrected chi connectivity index (χ2v) is 7.30. The fraction of sp³-hybridized carbons (Fsp3) is 0.500. The van der Waals surface area contributed by atoms with E-state index in [1.807, 2.05) is 0 Å². The van der Waals surface area contributed by atoms with Crippen molar-refractivity contribution in [2.75, 3.05) is 0 Å². The lowest BCUT2D eigenvalue weighted by Crippen LogP contribution is -2.24. The first-order valence-corrected chi connectivity index (χ1v) is 8.55. The van der Waals surface area contributed by atoms with Gasteiger partial charge in [-0.15, -0.1) is 11.8 Å². The van der Waals surface area contributed by atoms with Crippen LogP contribution in [0.5, 0.6) is 0 Å². The number of carboxylic acid groups (broad SMARTS) is 1. The molecule has 0 unspecified atom stereocenters. The molecule has 0 bridgehead atoms. The molecule has 1 aliphatic carbocycles. The van der Waals surface area contributed by atoms with Crippen molar-refractivity contribution in [2.45, 2.75) is 49.0 Å². The Morgan fingerprint density at radius 1 is 1.19 bits per heavy atom. The lowest BCUT2D eigenvalue weighted by Gasteiger charge is -2.24. The van der Waals surface area contributed by atoms with Crippen LogP contribution >= 0.6 is 23.4 Å². The molecule has 1 atom stereocenters. The van der Waals surface area contributed by atoms with Gasteiger partial charge in [0.1, 0.15) is 5.25 Å². The van der Waals surface area contributed by atoms with Crippen molar-refractivity contribution in [3.05, 3.63) is 34.9 Å². The molecule has 114 valence electrons. The van der Waals surface area contributed by atoms with Gasteiger partial charge < -0.3 is 5.11 Å². The summed E-state index contributed by atoms with van der Waals surface area (Å²) in [6, 6.07) is 6.60. The van der Waals surface area contributed by atoms with Gasteiger partial charge in [-0.05, 0) is 37.1 Å². The molecule has 0 spiro atoms. The summed E-state index contributed by atoms with van der Waals surface area (Å²) in [7, 11) is 0. The van der Waals surface area contributed by atoms with E-state index in [4.69, 9.17) is 11.6 Å². The minimum atomic E-state index is -0.895. The number of carbonyl (C=O) groups is 2. The fourth-order valence-electron chi connectivity index (χ4n) is 2.55. The molecule has 0 aromatic heterocycles. The molecule has 0 heterocycles. The number of benzene rings is 1. The number of carboxylic acids is 1. The lowest BCUT2D eigenvalue weighted by atomic mass is 10.0. The Hall–Kier alpha value is -1.00. The lowest BCUT2D eigenvalue weighted by molar-refractivity contribution is -0.136. The van der Waals surface area contributed by atoms with Gasteiger partial charge in [0.05, 0.1) is 0 Å². The van der Waals surface area contributed by atoms with Crippen LogP contribution in [-0.2, 0) is 4.79 Å². The summed E-state index contributed by atoms with van der Waals surface area (Å²) in [4.78, 5) is 23.6. The van der Waals surface area contributed by atoms with Crippen LogP contribution in [0, 0.1) is 0 Å². The number of carbonyl (C=O) groups excluding carboxylic acids is 1. The van der Waals surface area contributed by atoms with E-state index in [-0.39, 0.29) is 12.2 Å². The highest BCUT2D eigenvalue weighted by atomic mass is 35.5. The molecule has 3 nitrogen and oxygen atoms in total. The Kier molecular flexibility index (Phi) is 6.12. The monoisotopic (exact) mass is 326 g/mol. The zero-order valence-corrected chi connectivity index (χ0v) is 13.3. The summed E-state index contributed by atoms with van der Waals surface area (Å²) in [6.07, 6.45) is 5.72. The quantitative estimate of drug-likeness (QED) is 0.786. The van der Waals surface area contributed by atoms with Gasteiger partial charge in [0.15, 0.2) is 5.78 Å². The molecule has 1 N–H and O–H groups in total. The molecule has 21 heavy (non-hydrogen) atoms. The first kappa shape index (κ1) is 16.4. The second-order valence-electron chi connectivity index (χ2n) is 5.36. The molecule has 0 saturated heterocycles. The van der Waals surface area contributed by atoms with Gasteiger partial charge >= 0.3 is 5.97 Å². The zero-order chi connectivity index (χ0) is 15.2. The van der Waals surface area contributed by atoms with Gasteiger partial charge in [0.2, 0.25) is 0 Å². The largest absolute Gasteiger partial charge is 0.480 e. The number of Topliss-reactive ketones (excluding diaryl/α,β-unsaturated/α-hetero) is 1. The fourth-order valence-corrected chi connectivity index (χ4v) is 4.11. The van der Waals surface area contributed by atoms with E-state index in [9.17, 15) is 14.7 Å². The molecule has 0 radical (unpaired) electrons. The number of hydrogen-bond acceptors (Lipinski definition) is 3. The first-order chi connectivity index (χ1) is 10.1. The van der Waals surface area contributed by atoms with Gasteiger partial charge in [-0.3, -0.25) is 9.59 Å². The van der Waals surface area contributed by atoms with E-state index >= 15 is 0 Å². The summed E-state index contributed by atoms with van der Waals surface area (Å²) in [6.45, 7) is 0. The molecular formula is C16H19ClO3S. The Bertz CT molecular complexity index is 495. The van der Waals surface area contributed by atoms with E-state index in [1.165, 1.54) is 18.2 Å². The highest BCUT2D eigenvalue weighted by Gasteiger charge is 2.27. The van der Waals surface area contributed by atoms with Crippen molar-refractivity contribution in [1.29, 1.82) is 0 Å². The Labute approximate surface area is 134 Å². The molecule has 1 saturated carbocycles. The number of rotatable bonds is 6. The molecule has 0 aliphatic heterocycles. The minimum absolute atomic E-state index is 0.0398. The van der Waals surface area contributed by atoms with Gasteiger partial charge in [-0.1, -0.05) is 30.9 Å². The minimum Gasteiger partial charge on any atom is -0.480 e. The van der Waals surface area contributed by atoms with Gasteiger partial charge in [0, 0.05) is 22.3 Å². The molecule has 1 aromatic carbocycles. The number of aliphatic carboxylic acids is 1. The van der Waals surface area contributed by atoms with E-state index in [2.05, 4.69) is 0 Å².